The number of hydrogen-bond donors (Lipinski definition) is 1. The highest BCUT2D eigenvalue weighted by Gasteiger charge is 2.25. The maximum absolute atomic E-state index is 8.98. The summed E-state index contributed by atoms with van der Waals surface area (Å²) < 4.78 is 1.71. The van der Waals surface area contributed by atoms with Gasteiger partial charge in [-0.15, -0.1) is 0 Å². The number of aromatic nitrogens is 4. The molecule has 0 atom stereocenters. The Morgan fingerprint density at radius 1 is 1.38 bits per heavy atom. The average Bonchev–Trinajstić information content (AvgIpc) is 3.07. The van der Waals surface area contributed by atoms with Crippen molar-refractivity contribution in [2.24, 2.45) is 0 Å². The SMILES string of the molecule is OCc1cncc(-n2ccc(C3CC3)n2)n1. The Bertz CT molecular complexity index is 504. The zero-order valence-corrected chi connectivity index (χ0v) is 8.74. The van der Waals surface area contributed by atoms with E-state index in [1.807, 2.05) is 12.3 Å². The second kappa shape index (κ2) is 3.68. The van der Waals surface area contributed by atoms with Gasteiger partial charge in [0.2, 0.25) is 0 Å². The molecule has 82 valence electrons. The molecule has 3 rings (SSSR count). The first-order valence-corrected chi connectivity index (χ1v) is 5.34. The fourth-order valence-corrected chi connectivity index (χ4v) is 1.64. The minimum atomic E-state index is -0.0996. The monoisotopic (exact) mass is 216 g/mol. The van der Waals surface area contributed by atoms with E-state index >= 15 is 0 Å². The van der Waals surface area contributed by atoms with Gasteiger partial charge in [-0.1, -0.05) is 0 Å². The van der Waals surface area contributed by atoms with E-state index in [1.54, 1.807) is 17.1 Å². The standard InChI is InChI=1S/C11H12N4O/c16-7-9-5-12-6-11(13-9)15-4-3-10(14-15)8-1-2-8/h3-6,8,16H,1-2,7H2. The van der Waals surface area contributed by atoms with E-state index in [2.05, 4.69) is 15.1 Å². The topological polar surface area (TPSA) is 63.8 Å². The lowest BCUT2D eigenvalue weighted by Gasteiger charge is -2.01. The summed E-state index contributed by atoms with van der Waals surface area (Å²) in [5, 5.41) is 13.4. The molecule has 0 aliphatic heterocycles. The first-order chi connectivity index (χ1) is 7.86. The number of nitrogens with zero attached hydrogens (tertiary/aromatic N) is 4. The third kappa shape index (κ3) is 1.69. The molecule has 0 unspecified atom stereocenters. The minimum absolute atomic E-state index is 0.0996. The summed E-state index contributed by atoms with van der Waals surface area (Å²) in [5.41, 5.74) is 1.68. The van der Waals surface area contributed by atoms with Crippen LogP contribution in [0.3, 0.4) is 0 Å². The largest absolute Gasteiger partial charge is 0.390 e. The fraction of sp³-hybridized carbons (Fsp3) is 0.364. The van der Waals surface area contributed by atoms with Crippen LogP contribution in [-0.2, 0) is 6.61 Å². The smallest absolute Gasteiger partial charge is 0.172 e. The summed E-state index contributed by atoms with van der Waals surface area (Å²) >= 11 is 0. The van der Waals surface area contributed by atoms with Crippen LogP contribution >= 0.6 is 0 Å². The summed E-state index contributed by atoms with van der Waals surface area (Å²) in [6, 6.07) is 2.02. The van der Waals surface area contributed by atoms with Gasteiger partial charge in [0, 0.05) is 12.1 Å². The van der Waals surface area contributed by atoms with Gasteiger partial charge in [-0.05, 0) is 18.9 Å². The maximum Gasteiger partial charge on any atom is 0.172 e. The molecule has 1 aliphatic carbocycles. The normalized spacial score (nSPS) is 15.3. The van der Waals surface area contributed by atoms with Crippen molar-refractivity contribution in [3.05, 3.63) is 36.0 Å². The van der Waals surface area contributed by atoms with Gasteiger partial charge in [0.05, 0.1) is 30.4 Å². The van der Waals surface area contributed by atoms with E-state index < -0.39 is 0 Å². The van der Waals surface area contributed by atoms with E-state index in [-0.39, 0.29) is 6.61 Å². The van der Waals surface area contributed by atoms with E-state index in [0.29, 0.717) is 17.4 Å². The number of rotatable bonds is 3. The lowest BCUT2D eigenvalue weighted by molar-refractivity contribution is 0.276. The van der Waals surface area contributed by atoms with Crippen molar-refractivity contribution < 1.29 is 5.11 Å². The molecule has 0 bridgehead atoms. The van der Waals surface area contributed by atoms with Gasteiger partial charge in [0.15, 0.2) is 5.82 Å². The first-order valence-electron chi connectivity index (χ1n) is 5.34. The maximum atomic E-state index is 8.98. The number of aliphatic hydroxyl groups is 1. The van der Waals surface area contributed by atoms with Gasteiger partial charge in [0.25, 0.3) is 0 Å². The molecule has 0 radical (unpaired) electrons. The van der Waals surface area contributed by atoms with Crippen LogP contribution in [0.2, 0.25) is 0 Å². The molecular weight excluding hydrogens is 204 g/mol. The van der Waals surface area contributed by atoms with Crippen molar-refractivity contribution in [1.82, 2.24) is 19.7 Å². The molecule has 0 aromatic carbocycles. The van der Waals surface area contributed by atoms with Gasteiger partial charge in [-0.25, -0.2) is 9.67 Å². The Morgan fingerprint density at radius 3 is 3.00 bits per heavy atom. The molecule has 16 heavy (non-hydrogen) atoms. The molecule has 1 aliphatic rings. The Balaban J connectivity index is 1.93. The fourth-order valence-electron chi connectivity index (χ4n) is 1.64. The summed E-state index contributed by atoms with van der Waals surface area (Å²) in [6.07, 6.45) is 7.55. The molecular formula is C11H12N4O. The van der Waals surface area contributed by atoms with Crippen LogP contribution < -0.4 is 0 Å². The van der Waals surface area contributed by atoms with E-state index in [0.717, 1.165) is 5.69 Å². The molecule has 1 saturated carbocycles. The third-order valence-corrected chi connectivity index (χ3v) is 2.67. The number of hydrogen-bond acceptors (Lipinski definition) is 4. The second-order valence-corrected chi connectivity index (χ2v) is 3.99. The van der Waals surface area contributed by atoms with Gasteiger partial charge < -0.3 is 5.11 Å². The van der Waals surface area contributed by atoms with Crippen molar-refractivity contribution in [2.75, 3.05) is 0 Å². The highest BCUT2D eigenvalue weighted by atomic mass is 16.3. The van der Waals surface area contributed by atoms with Crippen LogP contribution in [-0.4, -0.2) is 24.9 Å². The second-order valence-electron chi connectivity index (χ2n) is 3.99. The third-order valence-electron chi connectivity index (χ3n) is 2.67. The molecule has 1 N–H and O–H groups in total. The molecule has 1 fully saturated rings. The van der Waals surface area contributed by atoms with Crippen LogP contribution in [0.5, 0.6) is 0 Å². The molecule has 5 nitrogen and oxygen atoms in total. The van der Waals surface area contributed by atoms with Crippen molar-refractivity contribution >= 4 is 0 Å². The van der Waals surface area contributed by atoms with Crippen LogP contribution in [0.25, 0.3) is 5.82 Å². The molecule has 2 heterocycles. The predicted octanol–water partition coefficient (Wildman–Crippen LogP) is 1.03. The van der Waals surface area contributed by atoms with Crippen LogP contribution in [0.1, 0.15) is 30.1 Å². The van der Waals surface area contributed by atoms with Crippen molar-refractivity contribution in [3.8, 4) is 5.82 Å². The van der Waals surface area contributed by atoms with Gasteiger partial charge in [-0.2, -0.15) is 5.10 Å². The minimum Gasteiger partial charge on any atom is -0.390 e. The first kappa shape index (κ1) is 9.47. The Hall–Kier alpha value is -1.75. The van der Waals surface area contributed by atoms with E-state index in [9.17, 15) is 0 Å². The van der Waals surface area contributed by atoms with Crippen molar-refractivity contribution in [1.29, 1.82) is 0 Å². The van der Waals surface area contributed by atoms with Gasteiger partial charge in [-0.3, -0.25) is 4.98 Å². The summed E-state index contributed by atoms with van der Waals surface area (Å²) in [5.74, 6) is 1.29. The zero-order valence-electron chi connectivity index (χ0n) is 8.74. The highest BCUT2D eigenvalue weighted by molar-refractivity contribution is 5.22. The highest BCUT2D eigenvalue weighted by Crippen LogP contribution is 2.38. The molecule has 2 aromatic heterocycles. The van der Waals surface area contributed by atoms with Crippen LogP contribution in [0.15, 0.2) is 24.7 Å². The Morgan fingerprint density at radius 2 is 2.25 bits per heavy atom. The van der Waals surface area contributed by atoms with Crippen LogP contribution in [0, 0.1) is 0 Å². The van der Waals surface area contributed by atoms with E-state index in [4.69, 9.17) is 5.11 Å². The summed E-state index contributed by atoms with van der Waals surface area (Å²) in [6.45, 7) is -0.0996. The zero-order chi connectivity index (χ0) is 11.0. The quantitative estimate of drug-likeness (QED) is 0.832. The molecule has 0 spiro atoms. The van der Waals surface area contributed by atoms with Gasteiger partial charge >= 0.3 is 0 Å². The average molecular weight is 216 g/mol. The summed E-state index contributed by atoms with van der Waals surface area (Å²) in [4.78, 5) is 8.26. The Labute approximate surface area is 92.8 Å². The van der Waals surface area contributed by atoms with E-state index in [1.165, 1.54) is 12.8 Å². The molecule has 0 amide bonds. The van der Waals surface area contributed by atoms with Crippen LogP contribution in [0.4, 0.5) is 0 Å². The van der Waals surface area contributed by atoms with Crippen molar-refractivity contribution in [3.63, 3.8) is 0 Å². The van der Waals surface area contributed by atoms with Crippen molar-refractivity contribution in [2.45, 2.75) is 25.4 Å². The predicted molar refractivity (Wildman–Crippen MR) is 57.1 cm³/mol. The number of aliphatic hydroxyl groups excluding tert-OH is 1. The van der Waals surface area contributed by atoms with Gasteiger partial charge in [0.1, 0.15) is 0 Å². The molecule has 0 saturated heterocycles. The lowest BCUT2D eigenvalue weighted by atomic mass is 10.3. The molecule has 2 aromatic rings. The Kier molecular flexibility index (Phi) is 2.18. The lowest BCUT2D eigenvalue weighted by Crippen LogP contribution is -2.02. The summed E-state index contributed by atoms with van der Waals surface area (Å²) in [7, 11) is 0. The molecule has 5 heteroatoms.